The molecule has 0 bridgehead atoms. The van der Waals surface area contributed by atoms with Crippen LogP contribution in [0.4, 0.5) is 5.69 Å². The van der Waals surface area contributed by atoms with E-state index in [1.807, 2.05) is 0 Å². The van der Waals surface area contributed by atoms with E-state index in [2.05, 4.69) is 20.2 Å². The molecule has 12 heteroatoms. The summed E-state index contributed by atoms with van der Waals surface area (Å²) in [4.78, 5) is 10.7. The van der Waals surface area contributed by atoms with E-state index in [0.29, 0.717) is 22.6 Å². The largest absolute Gasteiger partial charge is 0.493 e. The van der Waals surface area contributed by atoms with Gasteiger partial charge in [0.15, 0.2) is 17.3 Å². The van der Waals surface area contributed by atoms with Crippen molar-refractivity contribution in [1.29, 1.82) is 0 Å². The Balaban J connectivity index is 1.71. The summed E-state index contributed by atoms with van der Waals surface area (Å²) >= 11 is 0. The molecule has 172 valence electrons. The molecule has 0 aliphatic heterocycles. The molecule has 0 unspecified atom stereocenters. The highest BCUT2D eigenvalue weighted by Gasteiger charge is 2.28. The lowest BCUT2D eigenvalue weighted by Gasteiger charge is -2.16. The number of aromatic nitrogens is 4. The molecule has 1 aliphatic rings. The van der Waals surface area contributed by atoms with Gasteiger partial charge in [-0.15, -0.1) is 5.10 Å². The normalized spacial score (nSPS) is 13.8. The maximum absolute atomic E-state index is 13.3. The second-order valence-electron chi connectivity index (χ2n) is 7.29. The minimum atomic E-state index is -4.14. The lowest BCUT2D eigenvalue weighted by molar-refractivity contribution is -0.131. The van der Waals surface area contributed by atoms with Crippen LogP contribution in [0.1, 0.15) is 24.4 Å². The fourth-order valence-corrected chi connectivity index (χ4v) is 4.56. The van der Waals surface area contributed by atoms with E-state index in [4.69, 9.17) is 14.6 Å². The highest BCUT2D eigenvalue weighted by Crippen LogP contribution is 2.38. The number of nitrogens with zero attached hydrogens (tertiary/aromatic N) is 4. The number of sulfonamides is 1. The quantitative estimate of drug-likeness (QED) is 0.450. The zero-order valence-electron chi connectivity index (χ0n) is 17.8. The summed E-state index contributed by atoms with van der Waals surface area (Å²) in [6.45, 7) is 0. The first-order valence-electron chi connectivity index (χ1n) is 9.90. The topological polar surface area (TPSA) is 146 Å². The van der Waals surface area contributed by atoms with Gasteiger partial charge in [-0.05, 0) is 59.2 Å². The Morgan fingerprint density at radius 2 is 2.00 bits per heavy atom. The average Bonchev–Trinajstić information content (AvgIpc) is 3.52. The lowest BCUT2D eigenvalue weighted by atomic mass is 10.2. The van der Waals surface area contributed by atoms with Crippen LogP contribution in [0, 0.1) is 0 Å². The van der Waals surface area contributed by atoms with Crippen molar-refractivity contribution < 1.29 is 27.8 Å². The number of carbonyl (C=O) groups is 1. The van der Waals surface area contributed by atoms with Crippen LogP contribution in [0.2, 0.25) is 0 Å². The van der Waals surface area contributed by atoms with Crippen LogP contribution in [-0.2, 0) is 14.8 Å². The van der Waals surface area contributed by atoms with E-state index in [1.165, 1.54) is 32.4 Å². The smallest absolute Gasteiger partial charge is 0.328 e. The number of tetrazole rings is 1. The first kappa shape index (κ1) is 22.3. The number of ether oxygens (including phenoxy) is 2. The van der Waals surface area contributed by atoms with Crippen molar-refractivity contribution >= 4 is 27.8 Å². The molecule has 1 saturated carbocycles. The third-order valence-corrected chi connectivity index (χ3v) is 6.32. The maximum Gasteiger partial charge on any atom is 0.328 e. The molecule has 3 aromatic rings. The second-order valence-corrected chi connectivity index (χ2v) is 8.94. The summed E-state index contributed by atoms with van der Waals surface area (Å²) in [5.41, 5.74) is 1.27. The standard InChI is InChI=1S/C21H21N5O6S/c1-31-17-10-13(6-9-19(27)28)11-18(20(17)32-2)33(29,30)23-15-5-3-4-14(12-15)21-22-24-25-26(21)16-7-8-16/h3-6,9-12,16,23H,7-8H2,1-2H3,(H,27,28)/b9-6+. The molecule has 1 aliphatic carbocycles. The van der Waals surface area contributed by atoms with Gasteiger partial charge in [-0.2, -0.15) is 0 Å². The number of carboxylic acids is 1. The Morgan fingerprint density at radius 1 is 1.21 bits per heavy atom. The van der Waals surface area contributed by atoms with Gasteiger partial charge in [0.05, 0.1) is 20.3 Å². The third kappa shape index (κ3) is 4.80. The third-order valence-electron chi connectivity index (χ3n) is 4.93. The molecule has 0 saturated heterocycles. The molecular weight excluding hydrogens is 450 g/mol. The Hall–Kier alpha value is -3.93. The van der Waals surface area contributed by atoms with Crippen molar-refractivity contribution in [2.45, 2.75) is 23.8 Å². The maximum atomic E-state index is 13.3. The number of methoxy groups -OCH3 is 2. The van der Waals surface area contributed by atoms with Crippen LogP contribution in [-0.4, -0.2) is 53.9 Å². The molecule has 0 spiro atoms. The van der Waals surface area contributed by atoms with Crippen LogP contribution in [0.15, 0.2) is 47.4 Å². The number of anilines is 1. The summed E-state index contributed by atoms with van der Waals surface area (Å²) in [6.07, 6.45) is 4.16. The molecule has 2 aromatic carbocycles. The Kier molecular flexibility index (Phi) is 6.01. The predicted molar refractivity (Wildman–Crippen MR) is 119 cm³/mol. The van der Waals surface area contributed by atoms with Gasteiger partial charge in [-0.1, -0.05) is 12.1 Å². The highest BCUT2D eigenvalue weighted by molar-refractivity contribution is 7.92. The van der Waals surface area contributed by atoms with Crippen molar-refractivity contribution in [1.82, 2.24) is 20.2 Å². The first-order valence-corrected chi connectivity index (χ1v) is 11.4. The van der Waals surface area contributed by atoms with Gasteiger partial charge in [0.2, 0.25) is 0 Å². The summed E-state index contributed by atoms with van der Waals surface area (Å²) < 4.78 is 41.4. The summed E-state index contributed by atoms with van der Waals surface area (Å²) in [7, 11) is -1.46. The number of hydrogen-bond donors (Lipinski definition) is 2. The molecular formula is C21H21N5O6S. The Morgan fingerprint density at radius 3 is 2.67 bits per heavy atom. The lowest BCUT2D eigenvalue weighted by Crippen LogP contribution is -2.15. The molecule has 1 fully saturated rings. The summed E-state index contributed by atoms with van der Waals surface area (Å²) in [6, 6.07) is 9.78. The van der Waals surface area contributed by atoms with Gasteiger partial charge in [0.25, 0.3) is 10.0 Å². The van der Waals surface area contributed by atoms with E-state index in [9.17, 15) is 13.2 Å². The fourth-order valence-electron chi connectivity index (χ4n) is 3.29. The molecule has 33 heavy (non-hydrogen) atoms. The molecule has 1 heterocycles. The van der Waals surface area contributed by atoms with Crippen LogP contribution in [0.3, 0.4) is 0 Å². The van der Waals surface area contributed by atoms with E-state index in [0.717, 1.165) is 18.9 Å². The molecule has 11 nitrogen and oxygen atoms in total. The van der Waals surface area contributed by atoms with Gasteiger partial charge >= 0.3 is 5.97 Å². The molecule has 0 amide bonds. The van der Waals surface area contributed by atoms with E-state index in [-0.39, 0.29) is 22.4 Å². The SMILES string of the molecule is COc1cc(/C=C/C(=O)O)cc(S(=O)(=O)Nc2cccc(-c3nnnn3C3CC3)c2)c1OC. The Bertz CT molecular complexity index is 1330. The van der Waals surface area contributed by atoms with Crippen molar-refractivity contribution in [3.63, 3.8) is 0 Å². The summed E-state index contributed by atoms with van der Waals surface area (Å²) in [5.74, 6) is -0.481. The molecule has 0 atom stereocenters. The van der Waals surface area contributed by atoms with Gasteiger partial charge < -0.3 is 14.6 Å². The van der Waals surface area contributed by atoms with E-state index in [1.54, 1.807) is 28.9 Å². The number of hydrogen-bond acceptors (Lipinski definition) is 8. The van der Waals surface area contributed by atoms with Gasteiger partial charge in [0, 0.05) is 17.3 Å². The summed E-state index contributed by atoms with van der Waals surface area (Å²) in [5, 5.41) is 20.7. The Labute approximate surface area is 189 Å². The highest BCUT2D eigenvalue weighted by atomic mass is 32.2. The number of benzene rings is 2. The number of rotatable bonds is 9. The zero-order chi connectivity index (χ0) is 23.6. The number of nitrogens with one attached hydrogen (secondary N) is 1. The first-order chi connectivity index (χ1) is 15.8. The zero-order valence-corrected chi connectivity index (χ0v) is 18.6. The van der Waals surface area contributed by atoms with Crippen molar-refractivity contribution in [3.8, 4) is 22.9 Å². The number of aliphatic carboxylic acids is 1. The fraction of sp³-hybridized carbons (Fsp3) is 0.238. The van der Waals surface area contributed by atoms with Crippen molar-refractivity contribution in [2.24, 2.45) is 0 Å². The molecule has 0 radical (unpaired) electrons. The van der Waals surface area contributed by atoms with Crippen LogP contribution < -0.4 is 14.2 Å². The van der Waals surface area contributed by atoms with Gasteiger partial charge in [-0.3, -0.25) is 4.72 Å². The molecule has 4 rings (SSSR count). The minimum Gasteiger partial charge on any atom is -0.493 e. The monoisotopic (exact) mass is 471 g/mol. The van der Waals surface area contributed by atoms with Crippen LogP contribution in [0.5, 0.6) is 11.5 Å². The van der Waals surface area contributed by atoms with Crippen LogP contribution in [0.25, 0.3) is 17.5 Å². The van der Waals surface area contributed by atoms with Crippen molar-refractivity contribution in [2.75, 3.05) is 18.9 Å². The van der Waals surface area contributed by atoms with Crippen molar-refractivity contribution in [3.05, 3.63) is 48.0 Å². The average molecular weight is 471 g/mol. The van der Waals surface area contributed by atoms with Crippen LogP contribution >= 0.6 is 0 Å². The number of carboxylic acid groups (broad SMARTS) is 1. The minimum absolute atomic E-state index is 0.00805. The molecule has 2 N–H and O–H groups in total. The van der Waals surface area contributed by atoms with E-state index < -0.39 is 16.0 Å². The molecule has 1 aromatic heterocycles. The van der Waals surface area contributed by atoms with Gasteiger partial charge in [-0.25, -0.2) is 17.9 Å². The van der Waals surface area contributed by atoms with Gasteiger partial charge in [0.1, 0.15) is 4.90 Å². The second kappa shape index (κ2) is 8.90. The predicted octanol–water partition coefficient (Wildman–Crippen LogP) is 2.59. The van der Waals surface area contributed by atoms with E-state index >= 15 is 0 Å².